The lowest BCUT2D eigenvalue weighted by Gasteiger charge is -2.33. The molecule has 0 aliphatic carbocycles. The zero-order valence-electron chi connectivity index (χ0n) is 21.4. The molecule has 2 amide bonds. The number of nitrogens with one attached hydrogen (secondary N) is 2. The molecule has 4 aromatic rings. The van der Waals surface area contributed by atoms with Crippen LogP contribution < -0.4 is 5.32 Å². The van der Waals surface area contributed by atoms with E-state index in [1.165, 1.54) is 21.9 Å². The number of anilines is 1. The molecule has 0 bridgehead atoms. The second kappa shape index (κ2) is 11.7. The van der Waals surface area contributed by atoms with E-state index in [4.69, 9.17) is 0 Å². The summed E-state index contributed by atoms with van der Waals surface area (Å²) in [6.07, 6.45) is 4.90. The topological polar surface area (TPSA) is 115 Å². The van der Waals surface area contributed by atoms with Crippen molar-refractivity contribution in [2.75, 3.05) is 37.8 Å². The largest absolute Gasteiger partial charge is 0.336 e. The van der Waals surface area contributed by atoms with Gasteiger partial charge in [0.05, 0.1) is 22.3 Å². The molecule has 3 heterocycles. The Morgan fingerprint density at radius 2 is 1.79 bits per heavy atom. The van der Waals surface area contributed by atoms with E-state index in [2.05, 4.69) is 15.5 Å². The van der Waals surface area contributed by atoms with Crippen LogP contribution in [-0.2, 0) is 10.0 Å². The van der Waals surface area contributed by atoms with Crippen LogP contribution in [0.5, 0.6) is 0 Å². The van der Waals surface area contributed by atoms with Crippen molar-refractivity contribution >= 4 is 74.3 Å². The van der Waals surface area contributed by atoms with Gasteiger partial charge < -0.3 is 10.2 Å². The van der Waals surface area contributed by atoms with Crippen molar-refractivity contribution in [1.29, 1.82) is 0 Å². The fourth-order valence-corrected chi connectivity index (χ4v) is 6.06. The molecule has 0 spiro atoms. The lowest BCUT2D eigenvalue weighted by molar-refractivity contribution is 0.0698. The second-order valence-electron chi connectivity index (χ2n) is 9.13. The number of carbonyl (C=O) groups excluding carboxylic acids is 2. The molecule has 2 N–H and O–H groups in total. The predicted molar refractivity (Wildman–Crippen MR) is 158 cm³/mol. The lowest BCUT2D eigenvalue weighted by atomic mass is 10.1. The van der Waals surface area contributed by atoms with E-state index in [1.54, 1.807) is 23.1 Å². The Morgan fingerprint density at radius 3 is 2.49 bits per heavy atom. The number of hydrogen-bond acceptors (Lipinski definition) is 6. The predicted octanol–water partition coefficient (Wildman–Crippen LogP) is 4.49. The molecule has 2 aromatic heterocycles. The fraction of sp³-hybridized carbons (Fsp3) is 0.222. The van der Waals surface area contributed by atoms with Gasteiger partial charge in [-0.15, -0.1) is 23.7 Å². The van der Waals surface area contributed by atoms with Gasteiger partial charge in [0, 0.05) is 42.8 Å². The number of H-pyrrole nitrogens is 1. The summed E-state index contributed by atoms with van der Waals surface area (Å²) in [7, 11) is -3.30. The first-order valence-corrected chi connectivity index (χ1v) is 14.8. The highest BCUT2D eigenvalue weighted by molar-refractivity contribution is 7.88. The molecule has 1 saturated heterocycles. The number of hydrogen-bond donors (Lipinski definition) is 2. The Labute approximate surface area is 237 Å². The van der Waals surface area contributed by atoms with Crippen LogP contribution in [0.15, 0.2) is 53.9 Å². The molecule has 12 heteroatoms. The van der Waals surface area contributed by atoms with Gasteiger partial charge in [0.2, 0.25) is 10.0 Å². The Hall–Kier alpha value is -3.51. The number of piperazine rings is 1. The van der Waals surface area contributed by atoms with Gasteiger partial charge in [-0.1, -0.05) is 30.3 Å². The Kier molecular flexibility index (Phi) is 8.55. The quantitative estimate of drug-likeness (QED) is 0.346. The summed E-state index contributed by atoms with van der Waals surface area (Å²) in [4.78, 5) is 28.6. The number of amides is 2. The van der Waals surface area contributed by atoms with Gasteiger partial charge in [0.1, 0.15) is 0 Å². The first-order valence-electron chi connectivity index (χ1n) is 12.1. The van der Waals surface area contributed by atoms with Crippen molar-refractivity contribution in [3.8, 4) is 0 Å². The summed E-state index contributed by atoms with van der Waals surface area (Å²) in [5.41, 5.74) is 4.20. The zero-order valence-corrected chi connectivity index (χ0v) is 23.8. The van der Waals surface area contributed by atoms with Gasteiger partial charge in [-0.2, -0.15) is 9.40 Å². The summed E-state index contributed by atoms with van der Waals surface area (Å²) in [6.45, 7) is 2.99. The third kappa shape index (κ3) is 6.22. The van der Waals surface area contributed by atoms with Crippen LogP contribution in [0.3, 0.4) is 0 Å². The number of nitrogens with zero attached hydrogens (tertiary/aromatic N) is 3. The van der Waals surface area contributed by atoms with Crippen LogP contribution in [0.1, 0.15) is 36.9 Å². The molecule has 1 aliphatic heterocycles. The number of aromatic amines is 1. The molecule has 0 radical (unpaired) electrons. The summed E-state index contributed by atoms with van der Waals surface area (Å²) < 4.78 is 25.0. The first kappa shape index (κ1) is 28.5. The number of thiophene rings is 1. The molecule has 0 atom stereocenters. The highest BCUT2D eigenvalue weighted by Crippen LogP contribution is 2.26. The number of aromatic nitrogens is 2. The number of rotatable bonds is 6. The van der Waals surface area contributed by atoms with Gasteiger partial charge >= 0.3 is 0 Å². The molecule has 9 nitrogen and oxygen atoms in total. The number of fused-ring (bicyclic) bond motifs is 1. The van der Waals surface area contributed by atoms with E-state index in [9.17, 15) is 18.0 Å². The third-order valence-corrected chi connectivity index (χ3v) is 8.85. The molecule has 0 unspecified atom stereocenters. The third-order valence-electron chi connectivity index (χ3n) is 6.53. The van der Waals surface area contributed by atoms with Gasteiger partial charge in [0.25, 0.3) is 11.8 Å². The Balaban J connectivity index is 0.00000353. The van der Waals surface area contributed by atoms with Gasteiger partial charge in [-0.3, -0.25) is 14.7 Å². The van der Waals surface area contributed by atoms with E-state index in [0.717, 1.165) is 27.7 Å². The standard InChI is InChI=1S/C27H27N5O4S2.ClH/c1-18-11-16-37-25(18)26(33)28-24-17-20(27(34)31-12-14-32(15-13-31)38(2,35)36)8-7-19(24)9-10-23-21-5-3-4-6-22(21)29-30-23;/h3-11,16-17H,12-15H2,1-2H3,(H,28,33)(H,29,30);1H. The Bertz CT molecular complexity index is 1650. The Morgan fingerprint density at radius 1 is 1.05 bits per heavy atom. The molecule has 39 heavy (non-hydrogen) atoms. The summed E-state index contributed by atoms with van der Waals surface area (Å²) in [6, 6.07) is 14.9. The van der Waals surface area contributed by atoms with Gasteiger partial charge in [0.15, 0.2) is 0 Å². The number of aryl methyl sites for hydroxylation is 1. The highest BCUT2D eigenvalue weighted by atomic mass is 35.5. The van der Waals surface area contributed by atoms with Gasteiger partial charge in [-0.25, -0.2) is 8.42 Å². The van der Waals surface area contributed by atoms with Crippen LogP contribution in [-0.4, -0.2) is 72.1 Å². The SMILES string of the molecule is Cc1ccsc1C(=O)Nc1cc(C(=O)N2CCN(S(C)(=O)=O)CC2)ccc1C=Cc1n[nH]c2ccccc12.Cl. The summed E-state index contributed by atoms with van der Waals surface area (Å²) in [5, 5.41) is 13.2. The highest BCUT2D eigenvalue weighted by Gasteiger charge is 2.27. The monoisotopic (exact) mass is 585 g/mol. The summed E-state index contributed by atoms with van der Waals surface area (Å²) >= 11 is 1.36. The normalized spacial score (nSPS) is 14.5. The molecular weight excluding hydrogens is 558 g/mol. The maximum absolute atomic E-state index is 13.3. The fourth-order valence-electron chi connectivity index (χ4n) is 4.41. The number of halogens is 1. The van der Waals surface area contributed by atoms with Crippen LogP contribution in [0, 0.1) is 6.92 Å². The van der Waals surface area contributed by atoms with Crippen molar-refractivity contribution in [2.45, 2.75) is 6.92 Å². The molecule has 0 saturated carbocycles. The van der Waals surface area contributed by atoms with Crippen LogP contribution in [0.2, 0.25) is 0 Å². The number of para-hydroxylation sites is 1. The van der Waals surface area contributed by atoms with E-state index in [1.807, 2.05) is 54.8 Å². The minimum atomic E-state index is -3.30. The van der Waals surface area contributed by atoms with E-state index < -0.39 is 10.0 Å². The molecule has 2 aromatic carbocycles. The minimum absolute atomic E-state index is 0. The number of sulfonamides is 1. The number of benzene rings is 2. The first-order chi connectivity index (χ1) is 18.2. The second-order valence-corrected chi connectivity index (χ2v) is 12.0. The average Bonchev–Trinajstić information content (AvgIpc) is 3.53. The molecule has 204 valence electrons. The van der Waals surface area contributed by atoms with Crippen LogP contribution >= 0.6 is 23.7 Å². The zero-order chi connectivity index (χ0) is 26.9. The van der Waals surface area contributed by atoms with E-state index in [-0.39, 0.29) is 37.3 Å². The van der Waals surface area contributed by atoms with Crippen molar-refractivity contribution in [1.82, 2.24) is 19.4 Å². The van der Waals surface area contributed by atoms with Gasteiger partial charge in [-0.05, 0) is 53.8 Å². The van der Waals surface area contributed by atoms with Crippen molar-refractivity contribution in [3.63, 3.8) is 0 Å². The van der Waals surface area contributed by atoms with Crippen molar-refractivity contribution < 1.29 is 18.0 Å². The maximum Gasteiger partial charge on any atom is 0.266 e. The van der Waals surface area contributed by atoms with E-state index >= 15 is 0 Å². The van der Waals surface area contributed by atoms with Crippen molar-refractivity contribution in [3.05, 3.63) is 81.2 Å². The summed E-state index contributed by atoms with van der Waals surface area (Å²) in [5.74, 6) is -0.460. The molecular formula is C27H28ClN5O4S2. The molecule has 1 fully saturated rings. The average molecular weight is 586 g/mol. The maximum atomic E-state index is 13.3. The smallest absolute Gasteiger partial charge is 0.266 e. The molecule has 5 rings (SSSR count). The number of carbonyl (C=O) groups is 2. The van der Waals surface area contributed by atoms with Crippen LogP contribution in [0.25, 0.3) is 23.1 Å². The lowest BCUT2D eigenvalue weighted by Crippen LogP contribution is -2.50. The van der Waals surface area contributed by atoms with Crippen molar-refractivity contribution in [2.24, 2.45) is 0 Å². The van der Waals surface area contributed by atoms with E-state index in [0.29, 0.717) is 29.2 Å². The minimum Gasteiger partial charge on any atom is -0.336 e. The van der Waals surface area contributed by atoms with Crippen LogP contribution in [0.4, 0.5) is 5.69 Å². The molecule has 1 aliphatic rings.